The summed E-state index contributed by atoms with van der Waals surface area (Å²) in [5.74, 6) is -0.132. The highest BCUT2D eigenvalue weighted by Crippen LogP contribution is 2.24. The summed E-state index contributed by atoms with van der Waals surface area (Å²) in [4.78, 5) is 14.2. The molecule has 1 amide bonds. The summed E-state index contributed by atoms with van der Waals surface area (Å²) in [7, 11) is -3.02. The maximum absolute atomic E-state index is 12.6. The van der Waals surface area contributed by atoms with Crippen molar-refractivity contribution in [3.05, 3.63) is 83.6 Å². The van der Waals surface area contributed by atoms with E-state index in [0.717, 1.165) is 22.4 Å². The van der Waals surface area contributed by atoms with Gasteiger partial charge in [0.25, 0.3) is 0 Å². The van der Waals surface area contributed by atoms with Crippen LogP contribution in [0.4, 0.5) is 0 Å². The number of hydrogen-bond donors (Lipinski definition) is 0. The van der Waals surface area contributed by atoms with E-state index in [1.54, 1.807) is 11.0 Å². The van der Waals surface area contributed by atoms with Crippen molar-refractivity contribution in [1.82, 2.24) is 14.7 Å². The van der Waals surface area contributed by atoms with Crippen LogP contribution < -0.4 is 0 Å². The van der Waals surface area contributed by atoms with E-state index in [-0.39, 0.29) is 30.5 Å². The SMILES string of the molecule is Cc1ccc(-c2nn(Cc3ccccc3)cc2/C=C/C(=O)N2CCS(=O)(=O)CC2)cc1. The number of aromatic nitrogens is 2. The average molecular weight is 436 g/mol. The second-order valence-corrected chi connectivity index (χ2v) is 10.1. The molecule has 3 aromatic rings. The number of carbonyl (C=O) groups excluding carboxylic acids is 1. The van der Waals surface area contributed by atoms with Gasteiger partial charge < -0.3 is 4.90 Å². The number of aryl methyl sites for hydroxylation is 1. The minimum atomic E-state index is -3.02. The van der Waals surface area contributed by atoms with Crippen molar-refractivity contribution in [3.63, 3.8) is 0 Å². The van der Waals surface area contributed by atoms with Gasteiger partial charge in [0.2, 0.25) is 5.91 Å². The molecule has 2 heterocycles. The van der Waals surface area contributed by atoms with E-state index in [2.05, 4.69) is 12.1 Å². The first kappa shape index (κ1) is 21.1. The zero-order chi connectivity index (χ0) is 21.8. The van der Waals surface area contributed by atoms with Crippen LogP contribution >= 0.6 is 0 Å². The quantitative estimate of drug-likeness (QED) is 0.577. The molecule has 0 saturated carbocycles. The Bertz CT molecular complexity index is 1180. The van der Waals surface area contributed by atoms with Crippen LogP contribution in [0.25, 0.3) is 17.3 Å². The summed E-state index contributed by atoms with van der Waals surface area (Å²) in [5, 5.41) is 4.78. The Balaban J connectivity index is 1.59. The van der Waals surface area contributed by atoms with Crippen LogP contribution in [0.3, 0.4) is 0 Å². The number of rotatable bonds is 5. The van der Waals surface area contributed by atoms with Crippen molar-refractivity contribution in [2.24, 2.45) is 0 Å². The van der Waals surface area contributed by atoms with Gasteiger partial charge in [-0.25, -0.2) is 8.42 Å². The molecule has 0 bridgehead atoms. The van der Waals surface area contributed by atoms with Crippen molar-refractivity contribution in [3.8, 4) is 11.3 Å². The lowest BCUT2D eigenvalue weighted by atomic mass is 10.1. The number of nitrogens with zero attached hydrogens (tertiary/aromatic N) is 3. The Morgan fingerprint density at radius 2 is 1.71 bits per heavy atom. The van der Waals surface area contributed by atoms with Gasteiger partial charge in [0.15, 0.2) is 9.84 Å². The Labute approximate surface area is 182 Å². The molecule has 1 saturated heterocycles. The molecule has 0 unspecified atom stereocenters. The van der Waals surface area contributed by atoms with Crippen LogP contribution in [0, 0.1) is 6.92 Å². The highest BCUT2D eigenvalue weighted by Gasteiger charge is 2.23. The molecule has 7 heteroatoms. The summed E-state index contributed by atoms with van der Waals surface area (Å²) < 4.78 is 25.1. The lowest BCUT2D eigenvalue weighted by Crippen LogP contribution is -2.43. The summed E-state index contributed by atoms with van der Waals surface area (Å²) in [6.07, 6.45) is 5.22. The fourth-order valence-corrected chi connectivity index (χ4v) is 4.75. The van der Waals surface area contributed by atoms with Gasteiger partial charge in [-0.2, -0.15) is 5.10 Å². The molecule has 1 aliphatic rings. The highest BCUT2D eigenvalue weighted by molar-refractivity contribution is 7.91. The molecule has 1 aliphatic heterocycles. The van der Waals surface area contributed by atoms with Crippen LogP contribution in [-0.4, -0.2) is 53.6 Å². The first-order valence-electron chi connectivity index (χ1n) is 10.3. The number of amides is 1. The zero-order valence-electron chi connectivity index (χ0n) is 17.4. The maximum Gasteiger partial charge on any atom is 0.246 e. The Morgan fingerprint density at radius 3 is 2.39 bits per heavy atom. The van der Waals surface area contributed by atoms with Crippen molar-refractivity contribution < 1.29 is 13.2 Å². The molecule has 1 fully saturated rings. The van der Waals surface area contributed by atoms with E-state index >= 15 is 0 Å². The molecule has 0 aliphatic carbocycles. The van der Waals surface area contributed by atoms with E-state index in [9.17, 15) is 13.2 Å². The third kappa shape index (κ3) is 5.30. The van der Waals surface area contributed by atoms with Crippen molar-refractivity contribution >= 4 is 21.8 Å². The second-order valence-electron chi connectivity index (χ2n) is 7.79. The summed E-state index contributed by atoms with van der Waals surface area (Å²) in [5.41, 5.74) is 4.94. The van der Waals surface area contributed by atoms with Gasteiger partial charge in [-0.15, -0.1) is 0 Å². The van der Waals surface area contributed by atoms with Crippen LogP contribution in [-0.2, 0) is 21.2 Å². The topological polar surface area (TPSA) is 72.3 Å². The Morgan fingerprint density at radius 1 is 1.03 bits per heavy atom. The molecule has 6 nitrogen and oxygen atoms in total. The average Bonchev–Trinajstić information content (AvgIpc) is 3.16. The predicted molar refractivity (Wildman–Crippen MR) is 122 cm³/mol. The summed E-state index contributed by atoms with van der Waals surface area (Å²) in [6, 6.07) is 18.2. The third-order valence-electron chi connectivity index (χ3n) is 5.36. The fourth-order valence-electron chi connectivity index (χ4n) is 3.55. The molecule has 0 N–H and O–H groups in total. The third-order valence-corrected chi connectivity index (χ3v) is 6.97. The van der Waals surface area contributed by atoms with Gasteiger partial charge in [0.1, 0.15) is 0 Å². The minimum absolute atomic E-state index is 0.0240. The normalized spacial score (nSPS) is 16.0. The fraction of sp³-hybridized carbons (Fsp3) is 0.250. The Hall–Kier alpha value is -3.19. The van der Waals surface area contributed by atoms with Gasteiger partial charge in [0, 0.05) is 36.5 Å². The van der Waals surface area contributed by atoms with Gasteiger partial charge in [-0.1, -0.05) is 60.2 Å². The molecule has 1 aromatic heterocycles. The molecule has 4 rings (SSSR count). The Kier molecular flexibility index (Phi) is 6.04. The van der Waals surface area contributed by atoms with Crippen molar-refractivity contribution in [1.29, 1.82) is 0 Å². The van der Waals surface area contributed by atoms with E-state index in [4.69, 9.17) is 5.10 Å². The van der Waals surface area contributed by atoms with Gasteiger partial charge >= 0.3 is 0 Å². The number of hydrogen-bond acceptors (Lipinski definition) is 4. The molecule has 0 radical (unpaired) electrons. The molecule has 0 atom stereocenters. The van der Waals surface area contributed by atoms with Crippen LogP contribution in [0.2, 0.25) is 0 Å². The number of carbonyl (C=O) groups is 1. The minimum Gasteiger partial charge on any atom is -0.337 e. The molecule has 160 valence electrons. The monoisotopic (exact) mass is 435 g/mol. The lowest BCUT2D eigenvalue weighted by Gasteiger charge is -2.25. The standard InChI is InChI=1S/C24H25N3O3S/c1-19-7-9-21(10-8-19)24-22(18-27(25-24)17-20-5-3-2-4-6-20)11-12-23(28)26-13-15-31(29,30)16-14-26/h2-12,18H,13-17H2,1H3/b12-11+. The van der Waals surface area contributed by atoms with E-state index in [0.29, 0.717) is 6.54 Å². The smallest absolute Gasteiger partial charge is 0.246 e. The highest BCUT2D eigenvalue weighted by atomic mass is 32.2. The van der Waals surface area contributed by atoms with Crippen molar-refractivity contribution in [2.45, 2.75) is 13.5 Å². The zero-order valence-corrected chi connectivity index (χ0v) is 18.3. The first-order valence-corrected chi connectivity index (χ1v) is 12.1. The molecule has 0 spiro atoms. The molecule has 2 aromatic carbocycles. The molecule has 31 heavy (non-hydrogen) atoms. The molecular formula is C24H25N3O3S. The van der Waals surface area contributed by atoms with Crippen LogP contribution in [0.1, 0.15) is 16.7 Å². The van der Waals surface area contributed by atoms with Crippen LogP contribution in [0.15, 0.2) is 66.9 Å². The van der Waals surface area contributed by atoms with Crippen molar-refractivity contribution in [2.75, 3.05) is 24.6 Å². The number of sulfone groups is 1. The summed E-state index contributed by atoms with van der Waals surface area (Å²) >= 11 is 0. The van der Waals surface area contributed by atoms with Gasteiger partial charge in [-0.3, -0.25) is 9.48 Å². The maximum atomic E-state index is 12.6. The van der Waals surface area contributed by atoms with E-state index in [1.807, 2.05) is 60.3 Å². The van der Waals surface area contributed by atoms with E-state index < -0.39 is 9.84 Å². The van der Waals surface area contributed by atoms with Gasteiger partial charge in [-0.05, 0) is 18.6 Å². The predicted octanol–water partition coefficient (Wildman–Crippen LogP) is 3.18. The van der Waals surface area contributed by atoms with Gasteiger partial charge in [0.05, 0.1) is 23.7 Å². The molecular weight excluding hydrogens is 410 g/mol. The second kappa shape index (κ2) is 8.89. The van der Waals surface area contributed by atoms with Crippen LogP contribution in [0.5, 0.6) is 0 Å². The summed E-state index contributed by atoms with van der Waals surface area (Å²) in [6.45, 7) is 3.15. The lowest BCUT2D eigenvalue weighted by molar-refractivity contribution is -0.125. The van der Waals surface area contributed by atoms with E-state index in [1.165, 1.54) is 11.6 Å². The largest absolute Gasteiger partial charge is 0.337 e. The number of benzene rings is 2. The first-order chi connectivity index (χ1) is 14.9.